The molecule has 2 heterocycles. The lowest BCUT2D eigenvalue weighted by Crippen LogP contribution is -2.43. The molecule has 2 nitrogen and oxygen atoms in total. The maximum Gasteiger partial charge on any atom is 0.0784 e. The zero-order chi connectivity index (χ0) is 9.19. The molecular weight excluding hydrogens is 150 g/mol. The summed E-state index contributed by atoms with van der Waals surface area (Å²) in [6, 6.07) is 0. The number of hydrogen-bond acceptors (Lipinski definition) is 2. The molecule has 1 unspecified atom stereocenters. The number of ether oxygens (including phenoxy) is 1. The molecule has 0 aliphatic carbocycles. The standard InChI is InChI=1S/C8H15NO.C2H6/c1-8-3-7(5-10-8)4-9(2)6-8;1-2/h7H,3-6H2,1-2H3;1-2H3/t7?,8-;/m0./s1. The molecule has 0 spiro atoms. The molecule has 2 bridgehead atoms. The van der Waals surface area contributed by atoms with Crippen LogP contribution in [0.2, 0.25) is 0 Å². The van der Waals surface area contributed by atoms with E-state index in [-0.39, 0.29) is 5.60 Å². The molecule has 2 atom stereocenters. The highest BCUT2D eigenvalue weighted by Crippen LogP contribution is 2.34. The lowest BCUT2D eigenvalue weighted by atomic mass is 9.91. The first-order chi connectivity index (χ1) is 5.68. The fourth-order valence-electron chi connectivity index (χ4n) is 2.35. The number of piperidine rings is 1. The van der Waals surface area contributed by atoms with Crippen molar-refractivity contribution < 1.29 is 4.74 Å². The first kappa shape index (κ1) is 10.0. The quantitative estimate of drug-likeness (QED) is 0.550. The largest absolute Gasteiger partial charge is 0.374 e. The van der Waals surface area contributed by atoms with Crippen LogP contribution >= 0.6 is 0 Å². The van der Waals surface area contributed by atoms with E-state index in [9.17, 15) is 0 Å². The molecule has 12 heavy (non-hydrogen) atoms. The third kappa shape index (κ3) is 1.99. The molecule has 2 rings (SSSR count). The average Bonchev–Trinajstić information content (AvgIpc) is 2.29. The first-order valence-electron chi connectivity index (χ1n) is 5.00. The third-order valence-electron chi connectivity index (χ3n) is 2.56. The van der Waals surface area contributed by atoms with E-state index in [1.54, 1.807) is 0 Å². The third-order valence-corrected chi connectivity index (χ3v) is 2.56. The van der Waals surface area contributed by atoms with E-state index in [4.69, 9.17) is 4.74 Å². The van der Waals surface area contributed by atoms with Crippen LogP contribution < -0.4 is 0 Å². The molecule has 72 valence electrons. The summed E-state index contributed by atoms with van der Waals surface area (Å²) in [6.07, 6.45) is 1.28. The SMILES string of the molecule is CC.CN1CC2CO[C@@](C)(C2)C1. The fourth-order valence-corrected chi connectivity index (χ4v) is 2.35. The minimum atomic E-state index is 0.192. The average molecular weight is 171 g/mol. The molecular formula is C10H21NO. The van der Waals surface area contributed by atoms with Gasteiger partial charge in [0.2, 0.25) is 0 Å². The number of fused-ring (bicyclic) bond motifs is 2. The van der Waals surface area contributed by atoms with Crippen molar-refractivity contribution in [2.24, 2.45) is 5.92 Å². The number of hydrogen-bond donors (Lipinski definition) is 0. The van der Waals surface area contributed by atoms with E-state index in [1.807, 2.05) is 13.8 Å². The van der Waals surface area contributed by atoms with Gasteiger partial charge in [-0.15, -0.1) is 0 Å². The molecule has 0 amide bonds. The summed E-state index contributed by atoms with van der Waals surface area (Å²) in [6.45, 7) is 9.56. The molecule has 0 radical (unpaired) electrons. The van der Waals surface area contributed by atoms with Crippen molar-refractivity contribution >= 4 is 0 Å². The molecule has 2 aliphatic heterocycles. The Labute approximate surface area is 75.9 Å². The summed E-state index contributed by atoms with van der Waals surface area (Å²) in [5.41, 5.74) is 0.192. The second-order valence-electron chi connectivity index (χ2n) is 4.03. The van der Waals surface area contributed by atoms with Crippen molar-refractivity contribution in [3.05, 3.63) is 0 Å². The first-order valence-corrected chi connectivity index (χ1v) is 5.00. The molecule has 0 saturated carbocycles. The molecule has 2 aliphatic rings. The van der Waals surface area contributed by atoms with Crippen molar-refractivity contribution in [2.45, 2.75) is 32.8 Å². The highest BCUT2D eigenvalue weighted by atomic mass is 16.5. The Morgan fingerprint density at radius 2 is 2.08 bits per heavy atom. The van der Waals surface area contributed by atoms with E-state index in [0.29, 0.717) is 0 Å². The van der Waals surface area contributed by atoms with Gasteiger partial charge < -0.3 is 9.64 Å². The topological polar surface area (TPSA) is 12.5 Å². The summed E-state index contributed by atoms with van der Waals surface area (Å²) in [5.74, 6) is 0.809. The van der Waals surface area contributed by atoms with E-state index in [0.717, 1.165) is 19.1 Å². The Bertz CT molecular complexity index is 149. The molecule has 2 saturated heterocycles. The lowest BCUT2D eigenvalue weighted by molar-refractivity contribution is 0.00160. The Hall–Kier alpha value is -0.0800. The number of rotatable bonds is 0. The van der Waals surface area contributed by atoms with Gasteiger partial charge in [-0.25, -0.2) is 0 Å². The predicted octanol–water partition coefficient (Wildman–Crippen LogP) is 1.75. The van der Waals surface area contributed by atoms with Crippen LogP contribution in [0.25, 0.3) is 0 Å². The van der Waals surface area contributed by atoms with Crippen molar-refractivity contribution in [2.75, 3.05) is 26.7 Å². The van der Waals surface area contributed by atoms with Gasteiger partial charge in [-0.05, 0) is 26.3 Å². The van der Waals surface area contributed by atoms with Crippen molar-refractivity contribution in [1.82, 2.24) is 4.90 Å². The number of likely N-dealkylation sites (tertiary alicyclic amines) is 1. The van der Waals surface area contributed by atoms with Crippen LogP contribution in [0.3, 0.4) is 0 Å². The maximum atomic E-state index is 5.69. The minimum Gasteiger partial charge on any atom is -0.374 e. The van der Waals surface area contributed by atoms with Crippen molar-refractivity contribution in [3.63, 3.8) is 0 Å². The molecule has 0 aromatic rings. The zero-order valence-electron chi connectivity index (χ0n) is 8.76. The molecule has 0 aromatic carbocycles. The van der Waals surface area contributed by atoms with E-state index in [1.165, 1.54) is 13.0 Å². The normalized spacial score (nSPS) is 40.5. The molecule has 0 N–H and O–H groups in total. The molecule has 0 aromatic heterocycles. The Morgan fingerprint density at radius 3 is 2.67 bits per heavy atom. The van der Waals surface area contributed by atoms with Gasteiger partial charge in [0.1, 0.15) is 0 Å². The van der Waals surface area contributed by atoms with Crippen molar-refractivity contribution in [1.29, 1.82) is 0 Å². The minimum absolute atomic E-state index is 0.192. The molecule has 2 fully saturated rings. The lowest BCUT2D eigenvalue weighted by Gasteiger charge is -2.33. The number of likely N-dealkylation sites (N-methyl/N-ethyl adjacent to an activating group) is 1. The van der Waals surface area contributed by atoms with E-state index in [2.05, 4.69) is 18.9 Å². The van der Waals surface area contributed by atoms with Gasteiger partial charge in [0.05, 0.1) is 12.2 Å². The van der Waals surface area contributed by atoms with Gasteiger partial charge in [0.15, 0.2) is 0 Å². The van der Waals surface area contributed by atoms with Crippen LogP contribution in [-0.2, 0) is 4.74 Å². The highest BCUT2D eigenvalue weighted by Gasteiger charge is 2.41. The van der Waals surface area contributed by atoms with Crippen LogP contribution in [0.4, 0.5) is 0 Å². The number of nitrogens with zero attached hydrogens (tertiary/aromatic N) is 1. The van der Waals surface area contributed by atoms with E-state index >= 15 is 0 Å². The van der Waals surface area contributed by atoms with Crippen LogP contribution in [0.15, 0.2) is 0 Å². The summed E-state index contributed by atoms with van der Waals surface area (Å²) in [7, 11) is 2.18. The van der Waals surface area contributed by atoms with Gasteiger partial charge in [0.25, 0.3) is 0 Å². The monoisotopic (exact) mass is 171 g/mol. The van der Waals surface area contributed by atoms with Crippen LogP contribution in [0.5, 0.6) is 0 Å². The van der Waals surface area contributed by atoms with Gasteiger partial charge in [0, 0.05) is 13.1 Å². The van der Waals surface area contributed by atoms with Crippen LogP contribution in [0.1, 0.15) is 27.2 Å². The molecule has 2 heteroatoms. The Kier molecular flexibility index (Phi) is 3.13. The van der Waals surface area contributed by atoms with Gasteiger partial charge >= 0.3 is 0 Å². The summed E-state index contributed by atoms with van der Waals surface area (Å²) >= 11 is 0. The smallest absolute Gasteiger partial charge is 0.0784 e. The van der Waals surface area contributed by atoms with E-state index < -0.39 is 0 Å². The summed E-state index contributed by atoms with van der Waals surface area (Å²) in [4.78, 5) is 2.38. The Balaban J connectivity index is 0.000000336. The summed E-state index contributed by atoms with van der Waals surface area (Å²) < 4.78 is 5.69. The van der Waals surface area contributed by atoms with Gasteiger partial charge in [-0.3, -0.25) is 0 Å². The van der Waals surface area contributed by atoms with Crippen LogP contribution in [-0.4, -0.2) is 37.2 Å². The zero-order valence-corrected chi connectivity index (χ0v) is 8.76. The summed E-state index contributed by atoms with van der Waals surface area (Å²) in [5, 5.41) is 0. The van der Waals surface area contributed by atoms with Gasteiger partial charge in [-0.1, -0.05) is 13.8 Å². The second kappa shape index (κ2) is 3.75. The van der Waals surface area contributed by atoms with Crippen LogP contribution in [0, 0.1) is 5.92 Å². The Morgan fingerprint density at radius 1 is 1.42 bits per heavy atom. The van der Waals surface area contributed by atoms with Crippen molar-refractivity contribution in [3.8, 4) is 0 Å². The van der Waals surface area contributed by atoms with Gasteiger partial charge in [-0.2, -0.15) is 0 Å². The fraction of sp³-hybridized carbons (Fsp3) is 1.00. The maximum absolute atomic E-state index is 5.69. The predicted molar refractivity (Wildman–Crippen MR) is 51.3 cm³/mol. The highest BCUT2D eigenvalue weighted by molar-refractivity contribution is 4.92. The second-order valence-corrected chi connectivity index (χ2v) is 4.03.